The van der Waals surface area contributed by atoms with Crippen molar-refractivity contribution in [2.45, 2.75) is 44.6 Å². The molecule has 0 saturated carbocycles. The number of amides is 1. The van der Waals surface area contributed by atoms with Crippen molar-refractivity contribution in [1.82, 2.24) is 4.90 Å². The van der Waals surface area contributed by atoms with Crippen molar-refractivity contribution in [3.63, 3.8) is 0 Å². The van der Waals surface area contributed by atoms with Crippen molar-refractivity contribution >= 4 is 18.5 Å². The molecule has 6 nitrogen and oxygen atoms in total. The highest BCUT2D eigenvalue weighted by atomic mass is 35.5. The number of hydrogen-bond acceptors (Lipinski definition) is 5. The number of nitrogens with zero attached hydrogens (tertiary/aromatic N) is 1. The van der Waals surface area contributed by atoms with E-state index in [1.54, 1.807) is 0 Å². The molecule has 0 aromatic heterocycles. The summed E-state index contributed by atoms with van der Waals surface area (Å²) in [6.07, 6.45) is -4.11. The Labute approximate surface area is 202 Å². The van der Waals surface area contributed by atoms with Gasteiger partial charge in [-0.05, 0) is 48.9 Å². The molecule has 2 atom stereocenters. The quantitative estimate of drug-likeness (QED) is 0.620. The molecule has 34 heavy (non-hydrogen) atoms. The summed E-state index contributed by atoms with van der Waals surface area (Å²) >= 11 is 0. The van der Waals surface area contributed by atoms with Crippen molar-refractivity contribution in [3.8, 4) is 11.5 Å². The number of carbonyl (C=O) groups is 1. The SMILES string of the molecule is Cc1ccc2c(c1O)C[C@@H](C1CCN(C(=O)Oc3ccccc3C(F)(F)F)CC1)O[C@H]2CN.Cl. The highest BCUT2D eigenvalue weighted by Crippen LogP contribution is 2.40. The molecule has 0 radical (unpaired) electrons. The Hall–Kier alpha value is -2.49. The Kier molecular flexibility index (Phi) is 8.00. The number of alkyl halides is 3. The normalized spacial score (nSPS) is 20.9. The number of piperidine rings is 1. The Bertz CT molecular complexity index is 1030. The van der Waals surface area contributed by atoms with E-state index in [0.717, 1.165) is 28.8 Å². The van der Waals surface area contributed by atoms with Crippen LogP contribution in [-0.2, 0) is 17.3 Å². The third kappa shape index (κ3) is 5.26. The van der Waals surface area contributed by atoms with Gasteiger partial charge in [0.05, 0.1) is 17.8 Å². The van der Waals surface area contributed by atoms with E-state index in [1.165, 1.54) is 17.0 Å². The van der Waals surface area contributed by atoms with Crippen LogP contribution < -0.4 is 10.5 Å². The summed E-state index contributed by atoms with van der Waals surface area (Å²) in [5.74, 6) is -0.108. The summed E-state index contributed by atoms with van der Waals surface area (Å²) < 4.78 is 50.9. The summed E-state index contributed by atoms with van der Waals surface area (Å²) in [6, 6.07) is 8.46. The van der Waals surface area contributed by atoms with Crippen LogP contribution in [0.25, 0.3) is 0 Å². The number of hydrogen-bond donors (Lipinski definition) is 2. The number of rotatable bonds is 3. The minimum Gasteiger partial charge on any atom is -0.507 e. The number of likely N-dealkylation sites (tertiary alicyclic amines) is 1. The van der Waals surface area contributed by atoms with E-state index in [9.17, 15) is 23.1 Å². The zero-order chi connectivity index (χ0) is 23.8. The summed E-state index contributed by atoms with van der Waals surface area (Å²) in [4.78, 5) is 13.9. The fraction of sp³-hybridized carbons (Fsp3) is 0.458. The van der Waals surface area contributed by atoms with Crippen LogP contribution in [0, 0.1) is 12.8 Å². The average molecular weight is 501 g/mol. The van der Waals surface area contributed by atoms with E-state index in [-0.39, 0.29) is 42.8 Å². The number of fused-ring (bicyclic) bond motifs is 1. The second-order valence-corrected chi connectivity index (χ2v) is 8.59. The Balaban J connectivity index is 0.00000324. The summed E-state index contributed by atoms with van der Waals surface area (Å²) in [7, 11) is 0. The third-order valence-electron chi connectivity index (χ3n) is 6.54. The molecule has 10 heteroatoms. The molecule has 2 heterocycles. The second-order valence-electron chi connectivity index (χ2n) is 8.59. The van der Waals surface area contributed by atoms with Crippen molar-refractivity contribution in [2.75, 3.05) is 19.6 Å². The van der Waals surface area contributed by atoms with Gasteiger partial charge in [0.2, 0.25) is 0 Å². The number of aromatic hydroxyl groups is 1. The van der Waals surface area contributed by atoms with Crippen molar-refractivity contribution < 1.29 is 32.5 Å². The Morgan fingerprint density at radius 2 is 1.88 bits per heavy atom. The Morgan fingerprint density at radius 3 is 2.53 bits per heavy atom. The fourth-order valence-electron chi connectivity index (χ4n) is 4.68. The molecule has 1 saturated heterocycles. The molecule has 0 aliphatic carbocycles. The van der Waals surface area contributed by atoms with Gasteiger partial charge in [-0.15, -0.1) is 12.4 Å². The smallest absolute Gasteiger partial charge is 0.419 e. The van der Waals surface area contributed by atoms with E-state index in [0.29, 0.717) is 32.4 Å². The highest BCUT2D eigenvalue weighted by molar-refractivity contribution is 5.85. The monoisotopic (exact) mass is 500 g/mol. The molecule has 0 unspecified atom stereocenters. The van der Waals surface area contributed by atoms with Crippen LogP contribution in [0.5, 0.6) is 11.5 Å². The number of benzene rings is 2. The minimum atomic E-state index is -4.61. The van der Waals surface area contributed by atoms with E-state index < -0.39 is 23.6 Å². The zero-order valence-corrected chi connectivity index (χ0v) is 19.5. The van der Waals surface area contributed by atoms with Gasteiger partial charge in [0.15, 0.2) is 0 Å². The lowest BCUT2D eigenvalue weighted by atomic mass is 9.83. The molecule has 3 N–H and O–H groups in total. The first-order chi connectivity index (χ1) is 15.7. The molecule has 1 fully saturated rings. The number of nitrogens with two attached hydrogens (primary N) is 1. The number of phenols is 1. The largest absolute Gasteiger partial charge is 0.507 e. The van der Waals surface area contributed by atoms with Gasteiger partial charge >= 0.3 is 12.3 Å². The van der Waals surface area contributed by atoms with Crippen LogP contribution in [0.3, 0.4) is 0 Å². The number of phenolic OH excluding ortho intramolecular Hbond substituents is 1. The van der Waals surface area contributed by atoms with Crippen LogP contribution in [-0.4, -0.2) is 41.8 Å². The topological polar surface area (TPSA) is 85.0 Å². The van der Waals surface area contributed by atoms with Crippen LogP contribution in [0.2, 0.25) is 0 Å². The third-order valence-corrected chi connectivity index (χ3v) is 6.54. The van der Waals surface area contributed by atoms with E-state index >= 15 is 0 Å². The van der Waals surface area contributed by atoms with Gasteiger partial charge in [-0.1, -0.05) is 24.3 Å². The van der Waals surface area contributed by atoms with Gasteiger partial charge in [0, 0.05) is 31.6 Å². The minimum absolute atomic E-state index is 0. The predicted octanol–water partition coefficient (Wildman–Crippen LogP) is 4.99. The first-order valence-corrected chi connectivity index (χ1v) is 11.0. The van der Waals surface area contributed by atoms with Gasteiger partial charge in [-0.25, -0.2) is 4.79 Å². The molecular weight excluding hydrogens is 473 g/mol. The molecule has 1 amide bonds. The summed E-state index contributed by atoms with van der Waals surface area (Å²) in [5, 5.41) is 10.6. The highest BCUT2D eigenvalue weighted by Gasteiger charge is 2.38. The standard InChI is InChI=1S/C24H27F3N2O4.ClH/c1-14-6-7-16-17(22(14)30)12-20(32-21(16)13-28)15-8-10-29(11-9-15)23(31)33-19-5-3-2-4-18(19)24(25,26)27;/h2-7,15,20-21,30H,8-13,28H2,1H3;1H/t20-,21-;/m0./s1. The number of para-hydroxylation sites is 1. The van der Waals surface area contributed by atoms with Crippen LogP contribution in [0.15, 0.2) is 36.4 Å². The maximum absolute atomic E-state index is 13.2. The molecule has 2 aliphatic heterocycles. The molecule has 186 valence electrons. The zero-order valence-electron chi connectivity index (χ0n) is 18.7. The van der Waals surface area contributed by atoms with Crippen LogP contribution in [0.1, 0.15) is 41.2 Å². The molecule has 4 rings (SSSR count). The molecule has 2 aromatic rings. The second kappa shape index (κ2) is 10.4. The van der Waals surface area contributed by atoms with Gasteiger partial charge in [0.25, 0.3) is 0 Å². The average Bonchev–Trinajstić information content (AvgIpc) is 2.80. The molecule has 2 aliphatic rings. The maximum atomic E-state index is 13.2. The molecule has 0 bridgehead atoms. The lowest BCUT2D eigenvalue weighted by Crippen LogP contribution is -2.45. The first-order valence-electron chi connectivity index (χ1n) is 11.0. The summed E-state index contributed by atoms with van der Waals surface area (Å²) in [6.45, 7) is 2.82. The Morgan fingerprint density at radius 1 is 1.21 bits per heavy atom. The van der Waals surface area contributed by atoms with Crippen LogP contribution >= 0.6 is 12.4 Å². The molecule has 2 aromatic carbocycles. The van der Waals surface area contributed by atoms with Crippen molar-refractivity contribution in [2.24, 2.45) is 11.7 Å². The van der Waals surface area contributed by atoms with Gasteiger partial charge in [0.1, 0.15) is 11.5 Å². The maximum Gasteiger partial charge on any atom is 0.419 e. The lowest BCUT2D eigenvalue weighted by molar-refractivity contribution is -0.138. The summed E-state index contributed by atoms with van der Waals surface area (Å²) in [5.41, 5.74) is 7.49. The van der Waals surface area contributed by atoms with E-state index in [1.807, 2.05) is 19.1 Å². The van der Waals surface area contributed by atoms with Crippen molar-refractivity contribution in [3.05, 3.63) is 58.7 Å². The van der Waals surface area contributed by atoms with Crippen LogP contribution in [0.4, 0.5) is 18.0 Å². The van der Waals surface area contributed by atoms with Gasteiger partial charge in [-0.3, -0.25) is 0 Å². The number of aryl methyl sites for hydroxylation is 1. The van der Waals surface area contributed by atoms with Crippen molar-refractivity contribution in [1.29, 1.82) is 0 Å². The van der Waals surface area contributed by atoms with E-state index in [4.69, 9.17) is 15.2 Å². The molecule has 0 spiro atoms. The number of carbonyl (C=O) groups excluding carboxylic acids is 1. The fourth-order valence-corrected chi connectivity index (χ4v) is 4.68. The number of ether oxygens (including phenoxy) is 2. The number of halogens is 4. The van der Waals surface area contributed by atoms with Gasteiger partial charge in [-0.2, -0.15) is 13.2 Å². The lowest BCUT2D eigenvalue weighted by Gasteiger charge is -2.40. The first kappa shape index (κ1) is 26.1. The predicted molar refractivity (Wildman–Crippen MR) is 122 cm³/mol. The molecular formula is C24H28ClF3N2O4. The van der Waals surface area contributed by atoms with E-state index in [2.05, 4.69) is 0 Å². The van der Waals surface area contributed by atoms with Gasteiger partial charge < -0.3 is 25.2 Å².